The van der Waals surface area contributed by atoms with Gasteiger partial charge in [0, 0.05) is 0 Å². The number of para-hydroxylation sites is 1. The molecular formula is C13H11F3N4O3. The van der Waals surface area contributed by atoms with Crippen LogP contribution in [0.4, 0.5) is 24.5 Å². The molecular weight excluding hydrogens is 317 g/mol. The predicted molar refractivity (Wildman–Crippen MR) is 73.7 cm³/mol. The first-order valence-corrected chi connectivity index (χ1v) is 6.36. The topological polar surface area (TPSA) is 90.1 Å². The van der Waals surface area contributed by atoms with Crippen molar-refractivity contribution in [3.05, 3.63) is 52.3 Å². The van der Waals surface area contributed by atoms with Gasteiger partial charge in [-0.25, -0.2) is 0 Å². The highest BCUT2D eigenvalue weighted by molar-refractivity contribution is 5.94. The van der Waals surface area contributed by atoms with Gasteiger partial charge in [0.25, 0.3) is 0 Å². The molecule has 0 unspecified atom stereocenters. The fraction of sp³-hybridized carbons (Fsp3) is 0.231. The van der Waals surface area contributed by atoms with Crippen LogP contribution in [0.15, 0.2) is 36.7 Å². The van der Waals surface area contributed by atoms with Gasteiger partial charge in [0.15, 0.2) is 0 Å². The number of alkyl halides is 3. The van der Waals surface area contributed by atoms with Gasteiger partial charge in [-0.1, -0.05) is 12.1 Å². The Balaban J connectivity index is 2.20. The van der Waals surface area contributed by atoms with Gasteiger partial charge in [0.2, 0.25) is 5.91 Å². The highest BCUT2D eigenvalue weighted by Gasteiger charge is 2.34. The molecule has 122 valence electrons. The van der Waals surface area contributed by atoms with Crippen molar-refractivity contribution < 1.29 is 22.9 Å². The Morgan fingerprint density at radius 2 is 2.04 bits per heavy atom. The molecule has 0 fully saturated rings. The lowest BCUT2D eigenvalue weighted by molar-refractivity contribution is -0.385. The number of nitrogens with one attached hydrogen (secondary N) is 1. The third-order valence-corrected chi connectivity index (χ3v) is 3.07. The molecule has 1 aromatic carbocycles. The van der Waals surface area contributed by atoms with Crippen molar-refractivity contribution in [3.8, 4) is 0 Å². The van der Waals surface area contributed by atoms with Crippen LogP contribution in [-0.4, -0.2) is 20.6 Å². The number of hydrogen-bond acceptors (Lipinski definition) is 4. The van der Waals surface area contributed by atoms with E-state index in [0.29, 0.717) is 0 Å². The minimum absolute atomic E-state index is 0.319. The van der Waals surface area contributed by atoms with E-state index in [4.69, 9.17) is 0 Å². The summed E-state index contributed by atoms with van der Waals surface area (Å²) in [7, 11) is 0. The number of nitrogens with zero attached hydrogens (tertiary/aromatic N) is 3. The highest BCUT2D eigenvalue weighted by Crippen LogP contribution is 2.34. The Hall–Kier alpha value is -2.91. The molecule has 2 rings (SSSR count). The van der Waals surface area contributed by atoms with Crippen molar-refractivity contribution in [3.63, 3.8) is 0 Å². The normalized spacial score (nSPS) is 12.7. The van der Waals surface area contributed by atoms with Crippen molar-refractivity contribution in [2.45, 2.75) is 19.1 Å². The zero-order valence-electron chi connectivity index (χ0n) is 11.7. The molecule has 10 heteroatoms. The smallest absolute Gasteiger partial charge is 0.324 e. The first kappa shape index (κ1) is 16.5. The molecule has 0 saturated carbocycles. The van der Waals surface area contributed by atoms with Gasteiger partial charge in [0.05, 0.1) is 16.2 Å². The SMILES string of the molecule is C[C@H](C(=O)Nc1ccccc1C(F)(F)F)n1cc([N+](=O)[O-])cn1. The Morgan fingerprint density at radius 3 is 2.61 bits per heavy atom. The molecule has 0 aliphatic heterocycles. The van der Waals surface area contributed by atoms with E-state index in [1.165, 1.54) is 19.1 Å². The van der Waals surface area contributed by atoms with Crippen LogP contribution < -0.4 is 5.32 Å². The van der Waals surface area contributed by atoms with Gasteiger partial charge in [-0.05, 0) is 19.1 Å². The fourth-order valence-electron chi connectivity index (χ4n) is 1.83. The summed E-state index contributed by atoms with van der Waals surface area (Å²) >= 11 is 0. The number of rotatable bonds is 4. The van der Waals surface area contributed by atoms with E-state index in [9.17, 15) is 28.1 Å². The molecule has 1 atom stereocenters. The van der Waals surface area contributed by atoms with Crippen molar-refractivity contribution in [1.82, 2.24) is 9.78 Å². The number of aromatic nitrogens is 2. The van der Waals surface area contributed by atoms with Gasteiger partial charge in [0.1, 0.15) is 18.4 Å². The molecule has 0 spiro atoms. The summed E-state index contributed by atoms with van der Waals surface area (Å²) in [5, 5.41) is 16.4. The fourth-order valence-corrected chi connectivity index (χ4v) is 1.83. The van der Waals surface area contributed by atoms with Crippen LogP contribution in [0.5, 0.6) is 0 Å². The lowest BCUT2D eigenvalue weighted by Gasteiger charge is -2.16. The van der Waals surface area contributed by atoms with Crippen LogP contribution in [-0.2, 0) is 11.0 Å². The van der Waals surface area contributed by atoms with Crippen molar-refractivity contribution in [1.29, 1.82) is 0 Å². The monoisotopic (exact) mass is 328 g/mol. The van der Waals surface area contributed by atoms with Gasteiger partial charge < -0.3 is 5.32 Å². The molecule has 1 aromatic heterocycles. The Kier molecular flexibility index (Phi) is 4.34. The maximum absolute atomic E-state index is 12.9. The van der Waals surface area contributed by atoms with Crippen molar-refractivity contribution in [2.24, 2.45) is 0 Å². The van der Waals surface area contributed by atoms with Crippen LogP contribution in [0.2, 0.25) is 0 Å². The summed E-state index contributed by atoms with van der Waals surface area (Å²) in [4.78, 5) is 22.0. The number of benzene rings is 1. The molecule has 2 aromatic rings. The zero-order chi connectivity index (χ0) is 17.2. The molecule has 0 aliphatic carbocycles. The number of anilines is 1. The highest BCUT2D eigenvalue weighted by atomic mass is 19.4. The van der Waals surface area contributed by atoms with Gasteiger partial charge >= 0.3 is 11.9 Å². The summed E-state index contributed by atoms with van der Waals surface area (Å²) in [6.45, 7) is 1.36. The number of carbonyl (C=O) groups is 1. The van der Waals surface area contributed by atoms with E-state index >= 15 is 0 Å². The summed E-state index contributed by atoms with van der Waals surface area (Å²) in [5.41, 5.74) is -1.69. The van der Waals surface area contributed by atoms with Crippen LogP contribution in [0.1, 0.15) is 18.5 Å². The van der Waals surface area contributed by atoms with Crippen molar-refractivity contribution >= 4 is 17.3 Å². The molecule has 1 heterocycles. The van der Waals surface area contributed by atoms with Crippen molar-refractivity contribution in [2.75, 3.05) is 5.32 Å². The summed E-state index contributed by atoms with van der Waals surface area (Å²) in [6.07, 6.45) is -2.63. The Labute approximate surface area is 127 Å². The lowest BCUT2D eigenvalue weighted by atomic mass is 10.1. The minimum Gasteiger partial charge on any atom is -0.324 e. The molecule has 7 nitrogen and oxygen atoms in total. The Bertz CT molecular complexity index is 742. The molecule has 0 radical (unpaired) electrons. The average molecular weight is 328 g/mol. The van der Waals surface area contributed by atoms with Crippen LogP contribution >= 0.6 is 0 Å². The number of nitro groups is 1. The van der Waals surface area contributed by atoms with Gasteiger partial charge in [-0.15, -0.1) is 0 Å². The molecule has 0 aliphatic rings. The summed E-state index contributed by atoms with van der Waals surface area (Å²) in [6, 6.07) is 3.51. The first-order chi connectivity index (χ1) is 10.7. The second-order valence-electron chi connectivity index (χ2n) is 4.64. The minimum atomic E-state index is -4.61. The number of hydrogen-bond donors (Lipinski definition) is 1. The zero-order valence-corrected chi connectivity index (χ0v) is 11.7. The molecule has 0 bridgehead atoms. The summed E-state index contributed by atoms with van der Waals surface area (Å²) < 4.78 is 39.6. The Morgan fingerprint density at radius 1 is 1.39 bits per heavy atom. The van der Waals surface area contributed by atoms with E-state index in [0.717, 1.165) is 29.2 Å². The third kappa shape index (κ3) is 3.65. The molecule has 1 amide bonds. The number of halogens is 3. The van der Waals surface area contributed by atoms with Crippen LogP contribution in [0.25, 0.3) is 0 Å². The van der Waals surface area contributed by atoms with Crippen LogP contribution in [0.3, 0.4) is 0 Å². The van der Waals surface area contributed by atoms with E-state index < -0.39 is 34.3 Å². The van der Waals surface area contributed by atoms with E-state index in [-0.39, 0.29) is 5.69 Å². The second-order valence-corrected chi connectivity index (χ2v) is 4.64. The van der Waals surface area contributed by atoms with Gasteiger partial charge in [-0.3, -0.25) is 19.6 Å². The third-order valence-electron chi connectivity index (χ3n) is 3.07. The molecule has 1 N–H and O–H groups in total. The van der Waals surface area contributed by atoms with E-state index in [2.05, 4.69) is 10.4 Å². The largest absolute Gasteiger partial charge is 0.418 e. The number of carbonyl (C=O) groups excluding carboxylic acids is 1. The maximum Gasteiger partial charge on any atom is 0.418 e. The van der Waals surface area contributed by atoms with Crippen LogP contribution in [0, 0.1) is 10.1 Å². The molecule has 23 heavy (non-hydrogen) atoms. The van der Waals surface area contributed by atoms with Gasteiger partial charge in [-0.2, -0.15) is 18.3 Å². The molecule has 0 saturated heterocycles. The predicted octanol–water partition coefficient (Wildman–Crippen LogP) is 3.01. The van der Waals surface area contributed by atoms with E-state index in [1.54, 1.807) is 0 Å². The standard InChI is InChI=1S/C13H11F3N4O3/c1-8(19-7-9(6-17-19)20(22)23)12(21)18-11-5-3-2-4-10(11)13(14,15)16/h2-8H,1H3,(H,18,21)/t8-/m1/s1. The second kappa shape index (κ2) is 6.07. The van der Waals surface area contributed by atoms with E-state index in [1.807, 2.05) is 0 Å². The lowest BCUT2D eigenvalue weighted by Crippen LogP contribution is -2.25. The summed E-state index contributed by atoms with van der Waals surface area (Å²) in [5.74, 6) is -0.778. The number of amides is 1. The first-order valence-electron chi connectivity index (χ1n) is 6.36. The average Bonchev–Trinajstić information content (AvgIpc) is 2.95. The maximum atomic E-state index is 12.9. The quantitative estimate of drug-likeness (QED) is 0.690.